The summed E-state index contributed by atoms with van der Waals surface area (Å²) in [6.45, 7) is 6.81. The first-order chi connectivity index (χ1) is 8.06. The number of rotatable bonds is 2. The normalized spacial score (nSPS) is 24.7. The molecule has 0 bridgehead atoms. The first-order valence-electron chi connectivity index (χ1n) is 6.07. The summed E-state index contributed by atoms with van der Waals surface area (Å²) in [6, 6.07) is 4.03. The topological polar surface area (TPSA) is 42.2 Å². The summed E-state index contributed by atoms with van der Waals surface area (Å²) in [5.74, 6) is 1.47. The highest BCUT2D eigenvalue weighted by atomic mass is 32.1. The van der Waals surface area contributed by atoms with E-state index in [2.05, 4.69) is 23.7 Å². The van der Waals surface area contributed by atoms with Crippen molar-refractivity contribution in [3.8, 4) is 0 Å². The lowest BCUT2D eigenvalue weighted by Gasteiger charge is -2.36. The highest BCUT2D eigenvalue weighted by Gasteiger charge is 2.22. The summed E-state index contributed by atoms with van der Waals surface area (Å²) in [6.07, 6.45) is 3.09. The number of hydrogen-bond donors (Lipinski definition) is 1. The molecule has 2 unspecified atom stereocenters. The van der Waals surface area contributed by atoms with Gasteiger partial charge in [-0.3, -0.25) is 4.98 Å². The van der Waals surface area contributed by atoms with Crippen molar-refractivity contribution in [3.63, 3.8) is 0 Å². The zero-order valence-corrected chi connectivity index (χ0v) is 11.2. The maximum absolute atomic E-state index is 5.62. The van der Waals surface area contributed by atoms with Crippen LogP contribution in [-0.2, 0) is 0 Å². The number of thiocarbonyl (C=S) groups is 1. The summed E-state index contributed by atoms with van der Waals surface area (Å²) >= 11 is 4.97. The minimum absolute atomic E-state index is 0.366. The minimum Gasteiger partial charge on any atom is -0.388 e. The Morgan fingerprint density at radius 2 is 2.06 bits per heavy atom. The molecule has 1 aliphatic heterocycles. The van der Waals surface area contributed by atoms with Crippen molar-refractivity contribution in [2.24, 2.45) is 17.6 Å². The lowest BCUT2D eigenvalue weighted by Crippen LogP contribution is -2.38. The molecule has 0 saturated carbocycles. The molecule has 0 aliphatic carbocycles. The van der Waals surface area contributed by atoms with Gasteiger partial charge in [0.25, 0.3) is 0 Å². The van der Waals surface area contributed by atoms with Gasteiger partial charge in [0.05, 0.1) is 5.69 Å². The number of piperidine rings is 1. The highest BCUT2D eigenvalue weighted by molar-refractivity contribution is 7.80. The molecular weight excluding hydrogens is 230 g/mol. The van der Waals surface area contributed by atoms with Crippen molar-refractivity contribution in [2.45, 2.75) is 20.3 Å². The van der Waals surface area contributed by atoms with Crippen LogP contribution in [0.1, 0.15) is 26.0 Å². The van der Waals surface area contributed by atoms with Gasteiger partial charge < -0.3 is 10.6 Å². The van der Waals surface area contributed by atoms with Crippen molar-refractivity contribution in [1.82, 2.24) is 4.98 Å². The van der Waals surface area contributed by atoms with Gasteiger partial charge in [0.2, 0.25) is 0 Å². The Labute approximate surface area is 108 Å². The van der Waals surface area contributed by atoms with E-state index in [1.807, 2.05) is 12.1 Å². The van der Waals surface area contributed by atoms with Crippen molar-refractivity contribution >= 4 is 22.9 Å². The van der Waals surface area contributed by atoms with Crippen molar-refractivity contribution in [3.05, 3.63) is 24.0 Å². The number of nitrogens with two attached hydrogens (primary N) is 1. The number of pyridine rings is 1. The van der Waals surface area contributed by atoms with E-state index in [0.29, 0.717) is 10.7 Å². The first-order valence-corrected chi connectivity index (χ1v) is 6.48. The predicted octanol–water partition coefficient (Wildman–Crippen LogP) is 2.20. The minimum atomic E-state index is 0.366. The van der Waals surface area contributed by atoms with Crippen LogP contribution in [0.4, 0.5) is 5.69 Å². The average Bonchev–Trinajstić information content (AvgIpc) is 2.28. The molecule has 0 spiro atoms. The Balaban J connectivity index is 2.21. The van der Waals surface area contributed by atoms with Crippen LogP contribution < -0.4 is 10.6 Å². The molecule has 1 saturated heterocycles. The van der Waals surface area contributed by atoms with E-state index in [0.717, 1.165) is 24.9 Å². The lowest BCUT2D eigenvalue weighted by molar-refractivity contribution is 0.357. The Morgan fingerprint density at radius 3 is 2.65 bits per heavy atom. The molecular formula is C13H19N3S. The van der Waals surface area contributed by atoms with Gasteiger partial charge in [-0.1, -0.05) is 26.1 Å². The fourth-order valence-electron chi connectivity index (χ4n) is 2.62. The van der Waals surface area contributed by atoms with E-state index in [1.165, 1.54) is 12.1 Å². The molecule has 17 heavy (non-hydrogen) atoms. The van der Waals surface area contributed by atoms with E-state index in [1.54, 1.807) is 6.20 Å². The van der Waals surface area contributed by atoms with Gasteiger partial charge in [0.15, 0.2) is 0 Å². The summed E-state index contributed by atoms with van der Waals surface area (Å²) in [5.41, 5.74) is 7.51. The molecule has 1 aromatic rings. The third kappa shape index (κ3) is 2.94. The lowest BCUT2D eigenvalue weighted by atomic mass is 9.91. The van der Waals surface area contributed by atoms with E-state index in [-0.39, 0.29) is 0 Å². The predicted molar refractivity (Wildman–Crippen MR) is 75.3 cm³/mol. The van der Waals surface area contributed by atoms with Crippen LogP contribution in [0, 0.1) is 11.8 Å². The van der Waals surface area contributed by atoms with Crippen LogP contribution in [0.5, 0.6) is 0 Å². The van der Waals surface area contributed by atoms with Crippen LogP contribution >= 0.6 is 12.2 Å². The van der Waals surface area contributed by atoms with Crippen LogP contribution in [0.3, 0.4) is 0 Å². The zero-order valence-electron chi connectivity index (χ0n) is 10.4. The van der Waals surface area contributed by atoms with Gasteiger partial charge in [-0.15, -0.1) is 0 Å². The van der Waals surface area contributed by atoms with Gasteiger partial charge in [-0.2, -0.15) is 0 Å². The molecule has 2 atom stereocenters. The van der Waals surface area contributed by atoms with Gasteiger partial charge in [0.1, 0.15) is 4.99 Å². The Bertz CT molecular complexity index is 409. The van der Waals surface area contributed by atoms with Crippen LogP contribution in [0.15, 0.2) is 18.3 Å². The smallest absolute Gasteiger partial charge is 0.122 e. The van der Waals surface area contributed by atoms with E-state index < -0.39 is 0 Å². The molecule has 1 aromatic heterocycles. The van der Waals surface area contributed by atoms with Crippen molar-refractivity contribution in [2.75, 3.05) is 18.0 Å². The average molecular weight is 249 g/mol. The molecule has 4 heteroatoms. The van der Waals surface area contributed by atoms with E-state index in [9.17, 15) is 0 Å². The van der Waals surface area contributed by atoms with Crippen LogP contribution in [-0.4, -0.2) is 23.1 Å². The van der Waals surface area contributed by atoms with Gasteiger partial charge in [-0.05, 0) is 30.4 Å². The molecule has 0 radical (unpaired) electrons. The number of anilines is 1. The zero-order chi connectivity index (χ0) is 12.4. The van der Waals surface area contributed by atoms with Crippen LogP contribution in [0.25, 0.3) is 0 Å². The SMILES string of the molecule is CC1CC(C)CN(c2ccnc(C(N)=S)c2)C1. The largest absolute Gasteiger partial charge is 0.388 e. The molecule has 1 fully saturated rings. The molecule has 2 N–H and O–H groups in total. The molecule has 2 heterocycles. The molecule has 3 nitrogen and oxygen atoms in total. The molecule has 2 rings (SSSR count). The summed E-state index contributed by atoms with van der Waals surface area (Å²) in [5, 5.41) is 0. The molecule has 0 aromatic carbocycles. The summed E-state index contributed by atoms with van der Waals surface area (Å²) < 4.78 is 0. The molecule has 92 valence electrons. The Morgan fingerprint density at radius 1 is 1.41 bits per heavy atom. The number of nitrogens with zero attached hydrogens (tertiary/aromatic N) is 2. The summed E-state index contributed by atoms with van der Waals surface area (Å²) in [7, 11) is 0. The summed E-state index contributed by atoms with van der Waals surface area (Å²) in [4.78, 5) is 6.95. The third-order valence-corrected chi connectivity index (χ3v) is 3.44. The fourth-order valence-corrected chi connectivity index (χ4v) is 2.74. The number of hydrogen-bond acceptors (Lipinski definition) is 3. The Hall–Kier alpha value is -1.16. The Kier molecular flexibility index (Phi) is 3.62. The third-order valence-electron chi connectivity index (χ3n) is 3.23. The molecule has 0 amide bonds. The van der Waals surface area contributed by atoms with Gasteiger partial charge in [0, 0.05) is 25.0 Å². The fraction of sp³-hybridized carbons (Fsp3) is 0.538. The quantitative estimate of drug-likeness (QED) is 0.816. The maximum atomic E-state index is 5.62. The second-order valence-electron chi connectivity index (χ2n) is 5.11. The highest BCUT2D eigenvalue weighted by Crippen LogP contribution is 2.26. The van der Waals surface area contributed by atoms with E-state index >= 15 is 0 Å². The van der Waals surface area contributed by atoms with Gasteiger partial charge in [-0.25, -0.2) is 0 Å². The first kappa shape index (κ1) is 12.3. The second-order valence-corrected chi connectivity index (χ2v) is 5.55. The number of aromatic nitrogens is 1. The standard InChI is InChI=1S/C13H19N3S/c1-9-5-10(2)8-16(7-9)11-3-4-15-12(6-11)13(14)17/h3-4,6,9-10H,5,7-8H2,1-2H3,(H2,14,17). The van der Waals surface area contributed by atoms with Crippen molar-refractivity contribution < 1.29 is 0 Å². The second kappa shape index (κ2) is 5.00. The maximum Gasteiger partial charge on any atom is 0.122 e. The van der Waals surface area contributed by atoms with Crippen LogP contribution in [0.2, 0.25) is 0 Å². The van der Waals surface area contributed by atoms with E-state index in [4.69, 9.17) is 18.0 Å². The monoisotopic (exact) mass is 249 g/mol. The van der Waals surface area contributed by atoms with Crippen molar-refractivity contribution in [1.29, 1.82) is 0 Å². The van der Waals surface area contributed by atoms with Gasteiger partial charge >= 0.3 is 0 Å². The molecule has 1 aliphatic rings.